The van der Waals surface area contributed by atoms with E-state index >= 15 is 0 Å². The Morgan fingerprint density at radius 1 is 0.972 bits per heavy atom. The molecule has 0 aromatic heterocycles. The first kappa shape index (κ1) is 27.3. The lowest BCUT2D eigenvalue weighted by Crippen LogP contribution is -2.39. The average Bonchev–Trinajstić information content (AvgIpc) is 2.76. The molecular weight excluding hydrogens is 498 g/mol. The summed E-state index contributed by atoms with van der Waals surface area (Å²) in [6, 6.07) is 10.7. The number of halogens is 3. The molecule has 14 heteroatoms. The van der Waals surface area contributed by atoms with E-state index in [1.165, 1.54) is 42.5 Å². The van der Waals surface area contributed by atoms with Crippen molar-refractivity contribution in [3.05, 3.63) is 65.2 Å². The minimum atomic E-state index is -5.27. The van der Waals surface area contributed by atoms with Crippen LogP contribution in [0.2, 0.25) is 0 Å². The van der Waals surface area contributed by atoms with Gasteiger partial charge in [-0.25, -0.2) is 9.59 Å². The van der Waals surface area contributed by atoms with Gasteiger partial charge in [0.05, 0.1) is 19.0 Å². The molecule has 0 aliphatic carbocycles. The molecule has 180 valence electrons. The predicted molar refractivity (Wildman–Crippen MR) is 127 cm³/mol. The maximum Gasteiger partial charge on any atom is 0.426 e. The van der Waals surface area contributed by atoms with Gasteiger partial charge < -0.3 is 9.47 Å². The number of esters is 2. The van der Waals surface area contributed by atoms with E-state index in [0.717, 1.165) is 6.07 Å². The Morgan fingerprint density at radius 3 is 2.22 bits per heavy atom. The van der Waals surface area contributed by atoms with Crippen LogP contribution in [0.4, 0.5) is 13.2 Å². The van der Waals surface area contributed by atoms with E-state index in [1.54, 1.807) is 0 Å². The largest absolute Gasteiger partial charge is 0.448 e. The Balaban J connectivity index is 1.98. The fraction of sp³-hybridized carbons (Fsp3) is 0.182. The van der Waals surface area contributed by atoms with Crippen molar-refractivity contribution in [1.82, 2.24) is 0 Å². The molecule has 7 nitrogen and oxygen atoms in total. The molecule has 1 atom stereocenters. The van der Waals surface area contributed by atoms with Crippen molar-refractivity contribution in [3.63, 3.8) is 0 Å². The number of alkyl halides is 3. The van der Waals surface area contributed by atoms with Crippen LogP contribution < -0.4 is 15.7 Å². The van der Waals surface area contributed by atoms with Crippen molar-refractivity contribution in [3.8, 4) is 5.75 Å². The quantitative estimate of drug-likeness (QED) is 0.220. The lowest BCUT2D eigenvalue weighted by atomic mass is 9.77. The zero-order valence-corrected chi connectivity index (χ0v) is 19.1. The van der Waals surface area contributed by atoms with Gasteiger partial charge in [-0.15, -0.1) is 0 Å². The molecule has 1 N–H and O–H groups in total. The second-order valence-corrected chi connectivity index (χ2v) is 9.07. The number of hydrogen-bond donors (Lipinski definition) is 1. The van der Waals surface area contributed by atoms with E-state index in [1.807, 2.05) is 0 Å². The lowest BCUT2D eigenvalue weighted by molar-refractivity contribution is -0.197. The van der Waals surface area contributed by atoms with Crippen LogP contribution in [0, 0.1) is 0 Å². The van der Waals surface area contributed by atoms with Gasteiger partial charge >= 0.3 is 18.1 Å². The molecule has 0 spiro atoms. The molecule has 3 rings (SSSR count). The van der Waals surface area contributed by atoms with E-state index in [9.17, 15) is 31.2 Å². The number of hydrogen-bond acceptors (Lipinski definition) is 6. The third kappa shape index (κ3) is 6.30. The summed E-state index contributed by atoms with van der Waals surface area (Å²) in [5.74, 6) is -4.31. The van der Waals surface area contributed by atoms with Crippen molar-refractivity contribution in [1.29, 1.82) is 0 Å². The second kappa shape index (κ2) is 10.4. The highest BCUT2D eigenvalue weighted by Gasteiger charge is 2.45. The van der Waals surface area contributed by atoms with E-state index in [-0.39, 0.29) is 50.5 Å². The SMILES string of the molecule is [B]Cc1c([B])cc([B])cc1C(=O)Oc1cccc2c(C(=O)OC(CS(=O)(=O)O)C(F)(F)F)cccc12. The number of fused-ring (bicyclic) bond motifs is 1. The lowest BCUT2D eigenvalue weighted by Gasteiger charge is -2.20. The monoisotopic (exact) mass is 512 g/mol. The maximum absolute atomic E-state index is 13.2. The van der Waals surface area contributed by atoms with Crippen LogP contribution in [0.1, 0.15) is 26.3 Å². The number of carbonyl (C=O) groups is 2. The predicted octanol–water partition coefficient (Wildman–Crippen LogP) is 1.29. The number of benzene rings is 3. The number of rotatable bonds is 7. The van der Waals surface area contributed by atoms with Crippen molar-refractivity contribution >= 4 is 67.3 Å². The fourth-order valence-electron chi connectivity index (χ4n) is 3.41. The van der Waals surface area contributed by atoms with Crippen LogP contribution in [0.3, 0.4) is 0 Å². The summed E-state index contributed by atoms with van der Waals surface area (Å²) in [5, 5.41) is 0.205. The third-order valence-electron chi connectivity index (χ3n) is 5.01. The van der Waals surface area contributed by atoms with Gasteiger partial charge in [-0.1, -0.05) is 53.6 Å². The van der Waals surface area contributed by atoms with Crippen LogP contribution in [0.5, 0.6) is 5.75 Å². The van der Waals surface area contributed by atoms with Gasteiger partial charge in [-0.3, -0.25) is 4.55 Å². The highest BCUT2D eigenvalue weighted by atomic mass is 32.2. The highest BCUT2D eigenvalue weighted by Crippen LogP contribution is 2.31. The first-order valence-corrected chi connectivity index (χ1v) is 11.7. The minimum Gasteiger partial charge on any atom is -0.448 e. The number of ether oxygens (including phenoxy) is 2. The van der Waals surface area contributed by atoms with E-state index < -0.39 is 40.1 Å². The van der Waals surface area contributed by atoms with Gasteiger partial charge in [0.25, 0.3) is 10.1 Å². The molecule has 0 aliphatic rings. The summed E-state index contributed by atoms with van der Waals surface area (Å²) in [6.07, 6.45) is -8.47. The van der Waals surface area contributed by atoms with Crippen molar-refractivity contribution in [2.45, 2.75) is 18.6 Å². The summed E-state index contributed by atoms with van der Waals surface area (Å²) < 4.78 is 80.1. The average molecular weight is 512 g/mol. The van der Waals surface area contributed by atoms with E-state index in [0.29, 0.717) is 0 Å². The highest BCUT2D eigenvalue weighted by molar-refractivity contribution is 7.85. The maximum atomic E-state index is 13.2. The van der Waals surface area contributed by atoms with Crippen LogP contribution in [0.25, 0.3) is 10.8 Å². The summed E-state index contributed by atoms with van der Waals surface area (Å²) in [6.45, 7) is 0. The Bertz CT molecular complexity index is 1440. The Labute approximate surface area is 207 Å². The first-order chi connectivity index (χ1) is 16.7. The molecule has 0 bridgehead atoms. The van der Waals surface area contributed by atoms with E-state index in [4.69, 9.17) is 32.8 Å². The molecule has 0 fully saturated rings. The smallest absolute Gasteiger partial charge is 0.426 e. The zero-order chi connectivity index (χ0) is 26.8. The van der Waals surface area contributed by atoms with Gasteiger partial charge in [-0.05, 0) is 23.1 Å². The van der Waals surface area contributed by atoms with Gasteiger partial charge in [0.15, 0.2) is 0 Å². The number of carbonyl (C=O) groups excluding carboxylic acids is 2. The third-order valence-corrected chi connectivity index (χ3v) is 5.74. The molecule has 0 saturated carbocycles. The zero-order valence-electron chi connectivity index (χ0n) is 18.3. The van der Waals surface area contributed by atoms with Gasteiger partial charge in [-0.2, -0.15) is 21.6 Å². The van der Waals surface area contributed by atoms with Crippen LogP contribution in [-0.4, -0.2) is 66.5 Å². The molecule has 0 amide bonds. The Morgan fingerprint density at radius 2 is 1.61 bits per heavy atom. The van der Waals surface area contributed by atoms with Gasteiger partial charge in [0.1, 0.15) is 27.2 Å². The Hall–Kier alpha value is -3.25. The first-order valence-electron chi connectivity index (χ1n) is 10.1. The fourth-order valence-corrected chi connectivity index (χ4v) is 4.05. The Kier molecular flexibility index (Phi) is 7.90. The molecule has 0 saturated heterocycles. The second-order valence-electron chi connectivity index (χ2n) is 7.57. The molecule has 36 heavy (non-hydrogen) atoms. The standard InChI is InChI=1S/C22H14B3F3O7S/c23-9-16-15(7-11(24)8-17(16)25)21(30)34-18-6-2-3-12-13(18)4-1-5-14(12)20(29)35-19(22(26,27)28)10-36(31,32)33/h1-8,19H,9-10H2,(H,31,32,33). The molecule has 3 aromatic rings. The summed E-state index contributed by atoms with van der Waals surface area (Å²) in [5.41, 5.74) is 0.280. The molecule has 6 radical (unpaired) electrons. The van der Waals surface area contributed by atoms with Crippen molar-refractivity contribution < 1.29 is 45.2 Å². The molecule has 0 aliphatic heterocycles. The molecular formula is C22H14B3F3O7S. The normalized spacial score (nSPS) is 12.8. The minimum absolute atomic E-state index is 0.000740. The van der Waals surface area contributed by atoms with Gasteiger partial charge in [0.2, 0.25) is 6.10 Å². The summed E-state index contributed by atoms with van der Waals surface area (Å²) in [7, 11) is 12.2. The van der Waals surface area contributed by atoms with Gasteiger partial charge in [0, 0.05) is 5.39 Å². The van der Waals surface area contributed by atoms with Crippen LogP contribution in [0.15, 0.2) is 48.5 Å². The summed E-state index contributed by atoms with van der Waals surface area (Å²) >= 11 is 0. The topological polar surface area (TPSA) is 107 Å². The summed E-state index contributed by atoms with van der Waals surface area (Å²) in [4.78, 5) is 25.4. The van der Waals surface area contributed by atoms with Crippen LogP contribution in [-0.2, 0) is 21.2 Å². The van der Waals surface area contributed by atoms with Crippen LogP contribution >= 0.6 is 0 Å². The van der Waals surface area contributed by atoms with Crippen molar-refractivity contribution in [2.75, 3.05) is 5.75 Å². The molecule has 0 heterocycles. The van der Waals surface area contributed by atoms with E-state index in [2.05, 4.69) is 4.74 Å². The molecule has 3 aromatic carbocycles. The van der Waals surface area contributed by atoms with Crippen molar-refractivity contribution in [2.24, 2.45) is 0 Å². The molecule has 1 unspecified atom stereocenters.